The lowest BCUT2D eigenvalue weighted by Crippen LogP contribution is -2.28. The lowest BCUT2D eigenvalue weighted by atomic mass is 10.1. The van der Waals surface area contributed by atoms with Gasteiger partial charge < -0.3 is 20.1 Å². The summed E-state index contributed by atoms with van der Waals surface area (Å²) < 4.78 is 33.5. The van der Waals surface area contributed by atoms with E-state index in [0.29, 0.717) is 13.0 Å². The number of carbonyl (C=O) groups excluding carboxylic acids is 1. The molecule has 0 aliphatic heterocycles. The van der Waals surface area contributed by atoms with E-state index in [1.807, 2.05) is 0 Å². The third-order valence-corrected chi connectivity index (χ3v) is 10.9. The van der Waals surface area contributed by atoms with Crippen molar-refractivity contribution in [2.24, 2.45) is 5.73 Å². The van der Waals surface area contributed by atoms with Gasteiger partial charge in [0.1, 0.15) is 6.10 Å². The number of hydrogen-bond acceptors (Lipinski definition) is 7. The van der Waals surface area contributed by atoms with Crippen molar-refractivity contribution in [2.75, 3.05) is 33.0 Å². The van der Waals surface area contributed by atoms with E-state index in [9.17, 15) is 14.3 Å². The van der Waals surface area contributed by atoms with Crippen molar-refractivity contribution in [3.05, 3.63) is 60.8 Å². The summed E-state index contributed by atoms with van der Waals surface area (Å²) in [5.74, 6) is -0.345. The number of nitrogens with two attached hydrogens (primary N) is 1. The van der Waals surface area contributed by atoms with E-state index in [1.165, 1.54) is 122 Å². The molecule has 0 radical (unpaired) electrons. The smallest absolute Gasteiger partial charge is 0.457 e. The quantitative estimate of drug-likeness (QED) is 0.0269. The average molecular weight is 836 g/mol. The number of rotatable bonds is 45. The molecule has 0 fully saturated rings. The maximum absolute atomic E-state index is 12.6. The van der Waals surface area contributed by atoms with Crippen LogP contribution in [0.2, 0.25) is 0 Å². The summed E-state index contributed by atoms with van der Waals surface area (Å²) in [5.41, 5.74) is 5.38. The molecule has 0 bridgehead atoms. The molecule has 2 atom stereocenters. The van der Waals surface area contributed by atoms with Gasteiger partial charge in [0.15, 0.2) is 0 Å². The van der Waals surface area contributed by atoms with Gasteiger partial charge in [-0.25, -0.2) is 4.57 Å². The monoisotopic (exact) mass is 836 g/mol. The molecule has 338 valence electrons. The Labute approximate surface area is 357 Å². The molecule has 8 nitrogen and oxygen atoms in total. The topological polar surface area (TPSA) is 117 Å². The Morgan fingerprint density at radius 3 is 1.40 bits per heavy atom. The fourth-order valence-corrected chi connectivity index (χ4v) is 7.15. The molecule has 2 unspecified atom stereocenters. The largest absolute Gasteiger partial charge is 0.472 e. The predicted octanol–water partition coefficient (Wildman–Crippen LogP) is 14.5. The Hall–Kier alpha value is -1.80. The molecule has 0 aliphatic carbocycles. The highest BCUT2D eigenvalue weighted by molar-refractivity contribution is 7.47. The van der Waals surface area contributed by atoms with E-state index < -0.39 is 13.9 Å². The van der Waals surface area contributed by atoms with Crippen molar-refractivity contribution in [3.63, 3.8) is 0 Å². The average Bonchev–Trinajstić information content (AvgIpc) is 3.21. The third-order valence-electron chi connectivity index (χ3n) is 9.91. The molecule has 0 aromatic rings. The summed E-state index contributed by atoms with van der Waals surface area (Å²) in [6.45, 7) is 4.86. The molecule has 0 spiro atoms. The second kappa shape index (κ2) is 46.3. The van der Waals surface area contributed by atoms with Crippen LogP contribution in [-0.4, -0.2) is 49.9 Å². The fraction of sp³-hybridized carbons (Fsp3) is 0.776. The Bertz CT molecular complexity index is 1070. The van der Waals surface area contributed by atoms with E-state index >= 15 is 0 Å². The second-order valence-electron chi connectivity index (χ2n) is 15.6. The fourth-order valence-electron chi connectivity index (χ4n) is 6.39. The number of carbonyl (C=O) groups is 1. The number of phosphoric acid groups is 1. The lowest BCUT2D eigenvalue weighted by Gasteiger charge is -2.20. The van der Waals surface area contributed by atoms with Gasteiger partial charge in [-0.1, -0.05) is 177 Å². The molecule has 58 heavy (non-hydrogen) atoms. The maximum atomic E-state index is 12.6. The molecule has 0 amide bonds. The molecule has 0 aromatic carbocycles. The highest BCUT2D eigenvalue weighted by atomic mass is 31.2. The summed E-state index contributed by atoms with van der Waals surface area (Å²) in [6.07, 6.45) is 56.7. The Morgan fingerprint density at radius 1 is 0.517 bits per heavy atom. The minimum atomic E-state index is -4.29. The van der Waals surface area contributed by atoms with Gasteiger partial charge in [-0.15, -0.1) is 0 Å². The first kappa shape index (κ1) is 56.2. The molecule has 9 heteroatoms. The zero-order valence-corrected chi connectivity index (χ0v) is 38.4. The maximum Gasteiger partial charge on any atom is 0.472 e. The minimum Gasteiger partial charge on any atom is -0.457 e. The summed E-state index contributed by atoms with van der Waals surface area (Å²) in [5, 5.41) is 0. The van der Waals surface area contributed by atoms with Crippen molar-refractivity contribution in [1.82, 2.24) is 0 Å². The number of esters is 1. The SMILES string of the molecule is CCCCC/C=C\C/C=C\CCCCCCCCCCOCC(COP(=O)(O)OCCN)OC(=O)CCCCCCCC/C=C\C/C=C\C/C=C\CCCCCCC. The number of hydrogen-bond donors (Lipinski definition) is 2. The third kappa shape index (κ3) is 45.3. The number of ether oxygens (including phenoxy) is 2. The van der Waals surface area contributed by atoms with Crippen molar-refractivity contribution < 1.29 is 32.8 Å². The van der Waals surface area contributed by atoms with Crippen LogP contribution >= 0.6 is 7.82 Å². The zero-order valence-electron chi connectivity index (χ0n) is 37.5. The zero-order chi connectivity index (χ0) is 42.3. The molecule has 0 aliphatic rings. The predicted molar refractivity (Wildman–Crippen MR) is 247 cm³/mol. The van der Waals surface area contributed by atoms with Gasteiger partial charge in [0, 0.05) is 19.6 Å². The van der Waals surface area contributed by atoms with Gasteiger partial charge in [0.25, 0.3) is 0 Å². The van der Waals surface area contributed by atoms with Crippen LogP contribution in [0.4, 0.5) is 0 Å². The molecule has 0 heterocycles. The van der Waals surface area contributed by atoms with E-state index in [2.05, 4.69) is 74.6 Å². The number of phosphoric ester groups is 1. The molecular formula is C49H90NO7P. The van der Waals surface area contributed by atoms with Crippen LogP contribution in [0, 0.1) is 0 Å². The number of allylic oxidation sites excluding steroid dienone is 10. The standard InChI is InChI=1S/C49H90NO7P/c1-3-5-7-9-11-13-15-17-19-21-23-24-25-26-28-30-32-34-36-38-40-42-49(51)57-48(47-56-58(52,53)55-45-43-50)46-54-44-41-39-37-35-33-31-29-27-22-20-18-16-14-12-10-8-6-4-2/h12,14-15,17-18,20-21,23,25-26,48H,3-11,13,16,19,22,24,27-47,50H2,1-2H3,(H,52,53)/b14-12-,17-15-,20-18-,23-21-,26-25-. The van der Waals surface area contributed by atoms with Gasteiger partial charge in [0.2, 0.25) is 0 Å². The van der Waals surface area contributed by atoms with Crippen LogP contribution in [0.25, 0.3) is 0 Å². The Balaban J connectivity index is 4.04. The van der Waals surface area contributed by atoms with E-state index in [0.717, 1.165) is 64.2 Å². The molecular weight excluding hydrogens is 746 g/mol. The summed E-state index contributed by atoms with van der Waals surface area (Å²) in [7, 11) is -4.29. The van der Waals surface area contributed by atoms with Gasteiger partial charge >= 0.3 is 13.8 Å². The van der Waals surface area contributed by atoms with Crippen molar-refractivity contribution in [1.29, 1.82) is 0 Å². The van der Waals surface area contributed by atoms with Crippen LogP contribution < -0.4 is 5.73 Å². The van der Waals surface area contributed by atoms with E-state index in [-0.39, 0.29) is 32.3 Å². The first-order chi connectivity index (χ1) is 28.4. The van der Waals surface area contributed by atoms with Crippen molar-refractivity contribution in [3.8, 4) is 0 Å². The van der Waals surface area contributed by atoms with Crippen LogP contribution in [0.1, 0.15) is 206 Å². The Kier molecular flexibility index (Phi) is 44.8. The lowest BCUT2D eigenvalue weighted by molar-refractivity contribution is -0.154. The van der Waals surface area contributed by atoms with Gasteiger partial charge in [-0.2, -0.15) is 0 Å². The van der Waals surface area contributed by atoms with Crippen molar-refractivity contribution >= 4 is 13.8 Å². The van der Waals surface area contributed by atoms with E-state index in [1.54, 1.807) is 0 Å². The molecule has 3 N–H and O–H groups in total. The van der Waals surface area contributed by atoms with Gasteiger partial charge in [0.05, 0.1) is 19.8 Å². The van der Waals surface area contributed by atoms with Gasteiger partial charge in [-0.05, 0) is 83.5 Å². The highest BCUT2D eigenvalue weighted by Gasteiger charge is 2.25. The van der Waals surface area contributed by atoms with Crippen LogP contribution in [0.3, 0.4) is 0 Å². The molecule has 0 rings (SSSR count). The van der Waals surface area contributed by atoms with Gasteiger partial charge in [-0.3, -0.25) is 13.8 Å². The first-order valence-corrected chi connectivity index (χ1v) is 25.3. The second-order valence-corrected chi connectivity index (χ2v) is 17.1. The highest BCUT2D eigenvalue weighted by Crippen LogP contribution is 2.43. The molecule has 0 aromatic heterocycles. The summed E-state index contributed by atoms with van der Waals surface area (Å²) in [4.78, 5) is 22.5. The van der Waals surface area contributed by atoms with Crippen LogP contribution in [0.15, 0.2) is 60.8 Å². The summed E-state index contributed by atoms with van der Waals surface area (Å²) >= 11 is 0. The molecule has 0 saturated heterocycles. The van der Waals surface area contributed by atoms with Crippen LogP contribution in [-0.2, 0) is 27.9 Å². The summed E-state index contributed by atoms with van der Waals surface area (Å²) in [6, 6.07) is 0. The van der Waals surface area contributed by atoms with Crippen LogP contribution in [0.5, 0.6) is 0 Å². The Morgan fingerprint density at radius 2 is 0.914 bits per heavy atom. The first-order valence-electron chi connectivity index (χ1n) is 23.8. The van der Waals surface area contributed by atoms with Crippen molar-refractivity contribution in [2.45, 2.75) is 213 Å². The van der Waals surface area contributed by atoms with E-state index in [4.69, 9.17) is 24.3 Å². The number of unbranched alkanes of at least 4 members (excludes halogenated alkanes) is 22. The minimum absolute atomic E-state index is 0.0945. The molecule has 0 saturated carbocycles. The normalized spacial score (nSPS) is 13.9.